The van der Waals surface area contributed by atoms with Crippen molar-refractivity contribution >= 4 is 45.8 Å². The molecule has 0 saturated heterocycles. The first kappa shape index (κ1) is 16.0. The lowest BCUT2D eigenvalue weighted by atomic mass is 10.2. The second-order valence-electron chi connectivity index (χ2n) is 4.92. The number of hydrogen-bond donors (Lipinski definition) is 2. The molecule has 0 spiro atoms. The molecule has 0 saturated carbocycles. The van der Waals surface area contributed by atoms with E-state index < -0.39 is 6.09 Å². The molecule has 122 valence electrons. The van der Waals surface area contributed by atoms with Gasteiger partial charge in [-0.25, -0.2) is 4.79 Å². The van der Waals surface area contributed by atoms with Crippen LogP contribution in [-0.4, -0.2) is 17.7 Å². The van der Waals surface area contributed by atoms with E-state index in [4.69, 9.17) is 16.3 Å². The van der Waals surface area contributed by atoms with E-state index in [0.29, 0.717) is 22.2 Å². The Kier molecular flexibility index (Phi) is 4.77. The van der Waals surface area contributed by atoms with Crippen molar-refractivity contribution in [2.24, 2.45) is 10.2 Å². The minimum Gasteiger partial charge on any atom is -0.450 e. The molecule has 2 N–H and O–H groups in total. The number of hydrogen-bond acceptors (Lipinski definition) is 4. The van der Waals surface area contributed by atoms with E-state index in [-0.39, 0.29) is 6.61 Å². The molecule has 0 radical (unpaired) electrons. The molecule has 0 fully saturated rings. The molecule has 0 unspecified atom stereocenters. The topological polar surface area (TPSA) is 78.8 Å². The Balaban J connectivity index is 1.96. The van der Waals surface area contributed by atoms with Crippen LogP contribution in [0.4, 0.5) is 22.0 Å². The number of carbonyl (C=O) groups excluding carboxylic acids is 1. The molecule has 0 aliphatic rings. The van der Waals surface area contributed by atoms with E-state index in [9.17, 15) is 4.79 Å². The molecule has 1 amide bonds. The Morgan fingerprint density at radius 1 is 1.17 bits per heavy atom. The van der Waals surface area contributed by atoms with E-state index in [2.05, 4.69) is 20.5 Å². The first-order valence-corrected chi connectivity index (χ1v) is 7.77. The van der Waals surface area contributed by atoms with E-state index in [1.807, 2.05) is 24.3 Å². The SMILES string of the molecule is CCOC(=O)Nc1c(N=Nc2ccc(Cl)cc2)[nH]c2ccccc12. The van der Waals surface area contributed by atoms with Crippen molar-refractivity contribution in [1.29, 1.82) is 0 Å². The predicted molar refractivity (Wildman–Crippen MR) is 94.6 cm³/mol. The number of rotatable bonds is 4. The van der Waals surface area contributed by atoms with Gasteiger partial charge in [-0.2, -0.15) is 0 Å². The lowest BCUT2D eigenvalue weighted by molar-refractivity contribution is 0.168. The molecule has 0 atom stereocenters. The monoisotopic (exact) mass is 342 g/mol. The van der Waals surface area contributed by atoms with E-state index in [1.54, 1.807) is 31.2 Å². The number of anilines is 1. The van der Waals surface area contributed by atoms with Crippen molar-refractivity contribution in [2.45, 2.75) is 6.92 Å². The van der Waals surface area contributed by atoms with Gasteiger partial charge >= 0.3 is 6.09 Å². The Labute approximate surface area is 143 Å². The summed E-state index contributed by atoms with van der Waals surface area (Å²) in [5, 5.41) is 12.6. The highest BCUT2D eigenvalue weighted by Crippen LogP contribution is 2.34. The van der Waals surface area contributed by atoms with Crippen molar-refractivity contribution in [3.05, 3.63) is 53.6 Å². The summed E-state index contributed by atoms with van der Waals surface area (Å²) < 4.78 is 4.94. The second-order valence-corrected chi connectivity index (χ2v) is 5.35. The van der Waals surface area contributed by atoms with Gasteiger partial charge in [-0.15, -0.1) is 10.2 Å². The number of nitrogens with zero attached hydrogens (tertiary/aromatic N) is 2. The summed E-state index contributed by atoms with van der Waals surface area (Å²) in [5.41, 5.74) is 2.02. The summed E-state index contributed by atoms with van der Waals surface area (Å²) in [6, 6.07) is 14.5. The van der Waals surface area contributed by atoms with Gasteiger partial charge in [-0.3, -0.25) is 5.32 Å². The fraction of sp³-hybridized carbons (Fsp3) is 0.118. The lowest BCUT2D eigenvalue weighted by Crippen LogP contribution is -2.13. The predicted octanol–water partition coefficient (Wildman–Crippen LogP) is 5.81. The highest BCUT2D eigenvalue weighted by molar-refractivity contribution is 6.30. The third kappa shape index (κ3) is 3.55. The van der Waals surface area contributed by atoms with Gasteiger partial charge in [0.2, 0.25) is 0 Å². The van der Waals surface area contributed by atoms with Crippen LogP contribution >= 0.6 is 11.6 Å². The minimum atomic E-state index is -0.537. The third-order valence-corrected chi connectivity index (χ3v) is 3.53. The molecule has 1 aromatic heterocycles. The van der Waals surface area contributed by atoms with Gasteiger partial charge in [0.25, 0.3) is 0 Å². The zero-order valence-electron chi connectivity index (χ0n) is 12.9. The van der Waals surface area contributed by atoms with Crippen LogP contribution < -0.4 is 5.32 Å². The largest absolute Gasteiger partial charge is 0.450 e. The molecule has 3 aromatic rings. The number of ether oxygens (including phenoxy) is 1. The average Bonchev–Trinajstić information content (AvgIpc) is 2.92. The molecule has 6 nitrogen and oxygen atoms in total. The number of nitrogens with one attached hydrogen (secondary N) is 2. The zero-order chi connectivity index (χ0) is 16.9. The van der Waals surface area contributed by atoms with E-state index in [0.717, 1.165) is 10.9 Å². The minimum absolute atomic E-state index is 0.288. The maximum atomic E-state index is 11.8. The summed E-state index contributed by atoms with van der Waals surface area (Å²) in [6.07, 6.45) is -0.537. The highest BCUT2D eigenvalue weighted by Gasteiger charge is 2.14. The van der Waals surface area contributed by atoms with Gasteiger partial charge in [-0.1, -0.05) is 29.8 Å². The van der Waals surface area contributed by atoms with Crippen LogP contribution in [0.2, 0.25) is 5.02 Å². The fourth-order valence-electron chi connectivity index (χ4n) is 2.21. The number of amides is 1. The molecular formula is C17H15ClN4O2. The average molecular weight is 343 g/mol. The van der Waals surface area contributed by atoms with Crippen molar-refractivity contribution in [3.8, 4) is 0 Å². The summed E-state index contributed by atoms with van der Waals surface area (Å²) in [5.74, 6) is 0.444. The molecular weight excluding hydrogens is 328 g/mol. The van der Waals surface area contributed by atoms with Crippen molar-refractivity contribution < 1.29 is 9.53 Å². The Morgan fingerprint density at radius 2 is 1.92 bits per heavy atom. The zero-order valence-corrected chi connectivity index (χ0v) is 13.7. The third-order valence-electron chi connectivity index (χ3n) is 3.28. The summed E-state index contributed by atoms with van der Waals surface area (Å²) in [4.78, 5) is 14.9. The van der Waals surface area contributed by atoms with Crippen LogP contribution in [0.15, 0.2) is 58.8 Å². The van der Waals surface area contributed by atoms with Gasteiger partial charge in [0, 0.05) is 15.9 Å². The normalized spacial score (nSPS) is 11.1. The molecule has 0 aliphatic heterocycles. The first-order valence-electron chi connectivity index (χ1n) is 7.39. The van der Waals surface area contributed by atoms with Gasteiger partial charge in [0.15, 0.2) is 5.82 Å². The molecule has 0 bridgehead atoms. The van der Waals surface area contributed by atoms with Crippen LogP contribution in [0.5, 0.6) is 0 Å². The Bertz CT molecular complexity index is 887. The number of benzene rings is 2. The Hall–Kier alpha value is -2.86. The number of azo groups is 1. The number of fused-ring (bicyclic) bond motifs is 1. The number of para-hydroxylation sites is 1. The van der Waals surface area contributed by atoms with Crippen LogP contribution in [0.25, 0.3) is 10.9 Å². The van der Waals surface area contributed by atoms with E-state index >= 15 is 0 Å². The van der Waals surface area contributed by atoms with Gasteiger partial charge in [0.05, 0.1) is 18.0 Å². The number of aromatic amines is 1. The van der Waals surface area contributed by atoms with Crippen LogP contribution in [0, 0.1) is 0 Å². The number of H-pyrrole nitrogens is 1. The number of carbonyl (C=O) groups is 1. The van der Waals surface area contributed by atoms with Crippen LogP contribution in [0.1, 0.15) is 6.92 Å². The quantitative estimate of drug-likeness (QED) is 0.587. The smallest absolute Gasteiger partial charge is 0.411 e. The highest BCUT2D eigenvalue weighted by atomic mass is 35.5. The van der Waals surface area contributed by atoms with Crippen molar-refractivity contribution in [2.75, 3.05) is 11.9 Å². The molecule has 3 rings (SSSR count). The molecule has 2 aromatic carbocycles. The molecule has 24 heavy (non-hydrogen) atoms. The standard InChI is InChI=1S/C17H15ClN4O2/c1-2-24-17(23)20-15-13-5-3-4-6-14(13)19-16(15)22-21-12-9-7-11(18)8-10-12/h3-10,19H,2H2,1H3,(H,20,23). The van der Waals surface area contributed by atoms with Gasteiger partial charge in [0.1, 0.15) is 0 Å². The number of halogens is 1. The van der Waals surface area contributed by atoms with Gasteiger partial charge < -0.3 is 9.72 Å². The summed E-state index contributed by atoms with van der Waals surface area (Å²) in [7, 11) is 0. The summed E-state index contributed by atoms with van der Waals surface area (Å²) in [6.45, 7) is 2.03. The molecule has 0 aliphatic carbocycles. The van der Waals surface area contributed by atoms with Crippen molar-refractivity contribution in [1.82, 2.24) is 4.98 Å². The second kappa shape index (κ2) is 7.14. The lowest BCUT2D eigenvalue weighted by Gasteiger charge is -2.04. The molecule has 7 heteroatoms. The molecule has 1 heterocycles. The van der Waals surface area contributed by atoms with Crippen LogP contribution in [-0.2, 0) is 4.74 Å². The first-order chi connectivity index (χ1) is 11.7. The van der Waals surface area contributed by atoms with Crippen LogP contribution in [0.3, 0.4) is 0 Å². The Morgan fingerprint density at radius 3 is 2.67 bits per heavy atom. The maximum absolute atomic E-state index is 11.8. The summed E-state index contributed by atoms with van der Waals surface area (Å²) >= 11 is 5.85. The van der Waals surface area contributed by atoms with Gasteiger partial charge in [-0.05, 0) is 37.3 Å². The fourth-order valence-corrected chi connectivity index (χ4v) is 2.34. The van der Waals surface area contributed by atoms with E-state index in [1.165, 1.54) is 0 Å². The van der Waals surface area contributed by atoms with Crippen molar-refractivity contribution in [3.63, 3.8) is 0 Å². The number of aromatic nitrogens is 1. The maximum Gasteiger partial charge on any atom is 0.411 e.